The van der Waals surface area contributed by atoms with Gasteiger partial charge in [0.15, 0.2) is 0 Å². The lowest BCUT2D eigenvalue weighted by molar-refractivity contribution is 0.0513. The van der Waals surface area contributed by atoms with E-state index in [1.807, 2.05) is 0 Å². The van der Waals surface area contributed by atoms with Gasteiger partial charge in [-0.2, -0.15) is 0 Å². The van der Waals surface area contributed by atoms with Crippen molar-refractivity contribution in [2.24, 2.45) is 0 Å². The van der Waals surface area contributed by atoms with Gasteiger partial charge in [-0.3, -0.25) is 9.69 Å². The highest BCUT2D eigenvalue weighted by atomic mass is 16.7. The third-order valence-corrected chi connectivity index (χ3v) is 2.00. The van der Waals surface area contributed by atoms with Crippen LogP contribution in [-0.2, 0) is 4.84 Å². The van der Waals surface area contributed by atoms with Crippen molar-refractivity contribution < 1.29 is 9.63 Å². The summed E-state index contributed by atoms with van der Waals surface area (Å²) in [6, 6.07) is 1.55. The van der Waals surface area contributed by atoms with Crippen molar-refractivity contribution in [2.75, 3.05) is 7.05 Å². The number of hydroxylamine groups is 1. The second-order valence-corrected chi connectivity index (χ2v) is 3.04. The third kappa shape index (κ3) is 2.00. The van der Waals surface area contributed by atoms with Crippen molar-refractivity contribution in [3.63, 3.8) is 0 Å². The van der Waals surface area contributed by atoms with E-state index < -0.39 is 0 Å². The van der Waals surface area contributed by atoms with Gasteiger partial charge in [0.2, 0.25) is 5.88 Å². The Labute approximate surface area is 92.2 Å². The Hall–Kier alpha value is -2.37. The van der Waals surface area contributed by atoms with Crippen molar-refractivity contribution >= 4 is 5.91 Å². The zero-order valence-corrected chi connectivity index (χ0v) is 8.62. The molecule has 0 aromatic carbocycles. The van der Waals surface area contributed by atoms with Gasteiger partial charge >= 0.3 is 0 Å². The number of aromatic nitrogens is 2. The standard InChI is InChI=1S/C10H10N4O2/c1-14(9-3-2-5-13-16-9)10(15)8-4-6-11-7-12-8/h2-7,13H,1H3. The molecule has 0 unspecified atom stereocenters. The van der Waals surface area contributed by atoms with Gasteiger partial charge in [0.1, 0.15) is 12.0 Å². The van der Waals surface area contributed by atoms with Gasteiger partial charge in [-0.05, 0) is 12.1 Å². The van der Waals surface area contributed by atoms with E-state index in [1.54, 1.807) is 31.5 Å². The normalized spacial score (nSPS) is 13.4. The van der Waals surface area contributed by atoms with Crippen LogP contribution in [0.1, 0.15) is 10.5 Å². The molecule has 0 aliphatic carbocycles. The van der Waals surface area contributed by atoms with E-state index in [-0.39, 0.29) is 5.91 Å². The molecule has 2 heterocycles. The van der Waals surface area contributed by atoms with E-state index in [0.717, 1.165) is 0 Å². The van der Waals surface area contributed by atoms with E-state index in [4.69, 9.17) is 4.84 Å². The summed E-state index contributed by atoms with van der Waals surface area (Å²) in [5, 5.41) is 0. The monoisotopic (exact) mass is 218 g/mol. The molecule has 0 saturated carbocycles. The molecule has 1 aliphatic heterocycles. The molecule has 6 nitrogen and oxygen atoms in total. The SMILES string of the molecule is CN(C(=O)c1ccncn1)C1=CC=CNO1. The molecule has 6 heteroatoms. The fraction of sp³-hybridized carbons (Fsp3) is 0.100. The lowest BCUT2D eigenvalue weighted by atomic mass is 10.3. The summed E-state index contributed by atoms with van der Waals surface area (Å²) in [5.41, 5.74) is 2.86. The molecule has 0 atom stereocenters. The number of nitrogens with zero attached hydrogens (tertiary/aromatic N) is 3. The maximum absolute atomic E-state index is 11.9. The Balaban J connectivity index is 2.16. The number of hydrogen-bond acceptors (Lipinski definition) is 5. The third-order valence-electron chi connectivity index (χ3n) is 2.00. The minimum absolute atomic E-state index is 0.259. The maximum Gasteiger partial charge on any atom is 0.279 e. The predicted molar refractivity (Wildman–Crippen MR) is 55.6 cm³/mol. The number of nitrogens with one attached hydrogen (secondary N) is 1. The van der Waals surface area contributed by atoms with Crippen molar-refractivity contribution in [3.8, 4) is 0 Å². The van der Waals surface area contributed by atoms with Crippen LogP contribution >= 0.6 is 0 Å². The summed E-state index contributed by atoms with van der Waals surface area (Å²) in [7, 11) is 1.61. The zero-order valence-electron chi connectivity index (χ0n) is 8.62. The average Bonchev–Trinajstić information content (AvgIpc) is 2.39. The molecule has 2 rings (SSSR count). The number of carbonyl (C=O) groups is 1. The second kappa shape index (κ2) is 4.43. The number of carbonyl (C=O) groups excluding carboxylic acids is 1. The summed E-state index contributed by atoms with van der Waals surface area (Å²) in [5.74, 6) is 0.150. The minimum Gasteiger partial charge on any atom is -0.364 e. The van der Waals surface area contributed by atoms with E-state index in [0.29, 0.717) is 11.6 Å². The summed E-state index contributed by atoms with van der Waals surface area (Å²) < 4.78 is 0. The van der Waals surface area contributed by atoms with Gasteiger partial charge in [0.05, 0.1) is 0 Å². The first kappa shape index (κ1) is 10.2. The van der Waals surface area contributed by atoms with Crippen LogP contribution in [0.5, 0.6) is 0 Å². The fourth-order valence-corrected chi connectivity index (χ4v) is 1.17. The lowest BCUT2D eigenvalue weighted by Gasteiger charge is -2.20. The highest BCUT2D eigenvalue weighted by Gasteiger charge is 2.18. The Morgan fingerprint density at radius 3 is 3.06 bits per heavy atom. The van der Waals surface area contributed by atoms with E-state index in [1.165, 1.54) is 17.4 Å². The van der Waals surface area contributed by atoms with Gasteiger partial charge in [-0.25, -0.2) is 15.4 Å². The van der Waals surface area contributed by atoms with Gasteiger partial charge in [0, 0.05) is 25.5 Å². The first-order chi connectivity index (χ1) is 7.79. The molecular formula is C10H10N4O2. The molecule has 1 aromatic rings. The highest BCUT2D eigenvalue weighted by Crippen LogP contribution is 2.09. The number of hydrogen-bond donors (Lipinski definition) is 1. The van der Waals surface area contributed by atoms with E-state index in [2.05, 4.69) is 15.4 Å². The maximum atomic E-state index is 11.9. The summed E-state index contributed by atoms with van der Waals surface area (Å²) in [6.45, 7) is 0. The van der Waals surface area contributed by atoms with Gasteiger partial charge < -0.3 is 4.84 Å². The molecule has 16 heavy (non-hydrogen) atoms. The van der Waals surface area contributed by atoms with E-state index in [9.17, 15) is 4.79 Å². The zero-order chi connectivity index (χ0) is 11.4. The molecule has 0 saturated heterocycles. The number of allylic oxidation sites excluding steroid dienone is 2. The molecule has 1 aliphatic rings. The summed E-state index contributed by atoms with van der Waals surface area (Å²) in [6.07, 6.45) is 7.88. The molecule has 0 bridgehead atoms. The molecule has 0 fully saturated rings. The minimum atomic E-state index is -0.259. The van der Waals surface area contributed by atoms with Gasteiger partial charge in [-0.1, -0.05) is 0 Å². The summed E-state index contributed by atoms with van der Waals surface area (Å²) >= 11 is 0. The highest BCUT2D eigenvalue weighted by molar-refractivity contribution is 5.92. The van der Waals surface area contributed by atoms with Crippen LogP contribution < -0.4 is 5.48 Å². The van der Waals surface area contributed by atoms with E-state index >= 15 is 0 Å². The second-order valence-electron chi connectivity index (χ2n) is 3.04. The van der Waals surface area contributed by atoms with Crippen LogP contribution in [0.4, 0.5) is 0 Å². The lowest BCUT2D eigenvalue weighted by Crippen LogP contribution is -2.31. The molecule has 1 N–H and O–H groups in total. The van der Waals surface area contributed by atoms with Crippen molar-refractivity contribution in [3.05, 3.63) is 48.5 Å². The van der Waals surface area contributed by atoms with Crippen LogP contribution in [0.15, 0.2) is 42.8 Å². The predicted octanol–water partition coefficient (Wildman–Crippen LogP) is 0.438. The first-order valence-corrected chi connectivity index (χ1v) is 4.62. The Kier molecular flexibility index (Phi) is 2.81. The largest absolute Gasteiger partial charge is 0.364 e. The smallest absolute Gasteiger partial charge is 0.279 e. The van der Waals surface area contributed by atoms with Crippen molar-refractivity contribution in [1.29, 1.82) is 0 Å². The quantitative estimate of drug-likeness (QED) is 0.780. The van der Waals surface area contributed by atoms with Crippen LogP contribution in [0.25, 0.3) is 0 Å². The van der Waals surface area contributed by atoms with Gasteiger partial charge in [-0.15, -0.1) is 0 Å². The molecule has 0 spiro atoms. The first-order valence-electron chi connectivity index (χ1n) is 4.62. The molecular weight excluding hydrogens is 208 g/mol. The van der Waals surface area contributed by atoms with Gasteiger partial charge in [0.25, 0.3) is 5.91 Å². The summed E-state index contributed by atoms with van der Waals surface area (Å²) in [4.78, 5) is 26.0. The van der Waals surface area contributed by atoms with Crippen LogP contribution in [-0.4, -0.2) is 27.8 Å². The average molecular weight is 218 g/mol. The molecule has 0 radical (unpaired) electrons. The molecule has 1 aromatic heterocycles. The van der Waals surface area contributed by atoms with Crippen molar-refractivity contribution in [2.45, 2.75) is 0 Å². The number of rotatable bonds is 2. The Morgan fingerprint density at radius 2 is 2.44 bits per heavy atom. The van der Waals surface area contributed by atoms with Crippen LogP contribution in [0.2, 0.25) is 0 Å². The van der Waals surface area contributed by atoms with Crippen molar-refractivity contribution in [1.82, 2.24) is 20.3 Å². The molecule has 82 valence electrons. The molecule has 1 amide bonds. The van der Waals surface area contributed by atoms with Crippen LogP contribution in [0, 0.1) is 0 Å². The Bertz CT molecular complexity index is 441. The topological polar surface area (TPSA) is 67.4 Å². The number of amides is 1. The Morgan fingerprint density at radius 1 is 1.56 bits per heavy atom. The fourth-order valence-electron chi connectivity index (χ4n) is 1.17. The van der Waals surface area contributed by atoms with Crippen LogP contribution in [0.3, 0.4) is 0 Å².